The number of benzene rings is 1. The Morgan fingerprint density at radius 2 is 1.79 bits per heavy atom. The minimum Gasteiger partial charge on any atom is -0.490 e. The molecule has 0 radical (unpaired) electrons. The number of rotatable bonds is 9. The summed E-state index contributed by atoms with van der Waals surface area (Å²) >= 11 is 5.87. The van der Waals surface area contributed by atoms with Crippen molar-refractivity contribution in [2.45, 2.75) is 20.8 Å². The molecule has 0 saturated heterocycles. The molecule has 0 amide bonds. The van der Waals surface area contributed by atoms with E-state index in [0.717, 1.165) is 24.6 Å². The van der Waals surface area contributed by atoms with E-state index < -0.39 is 0 Å². The fourth-order valence-electron chi connectivity index (χ4n) is 1.55. The van der Waals surface area contributed by atoms with Gasteiger partial charge in [-0.1, -0.05) is 26.0 Å². The predicted octanol–water partition coefficient (Wildman–Crippen LogP) is 3.32. The summed E-state index contributed by atoms with van der Waals surface area (Å²) < 4.78 is 11.2. The minimum absolute atomic E-state index is 0.116. The van der Waals surface area contributed by atoms with E-state index in [1.807, 2.05) is 31.2 Å². The molecule has 0 aliphatic rings. The first-order chi connectivity index (χ1) is 9.09. The molecule has 0 aliphatic carbocycles. The van der Waals surface area contributed by atoms with Crippen molar-refractivity contribution in [2.75, 3.05) is 32.2 Å². The molecule has 108 valence electrons. The summed E-state index contributed by atoms with van der Waals surface area (Å²) in [6.07, 6.45) is 0. The smallest absolute Gasteiger partial charge is 0.161 e. The van der Waals surface area contributed by atoms with Gasteiger partial charge in [0, 0.05) is 19.0 Å². The van der Waals surface area contributed by atoms with Gasteiger partial charge in [-0.3, -0.25) is 0 Å². The number of halogens is 1. The number of hydrogen-bond donors (Lipinski definition) is 1. The molecule has 0 heterocycles. The number of para-hydroxylation sites is 2. The lowest BCUT2D eigenvalue weighted by molar-refractivity contribution is 0.269. The lowest BCUT2D eigenvalue weighted by Crippen LogP contribution is -2.33. The Morgan fingerprint density at radius 1 is 1.16 bits per heavy atom. The molecule has 0 spiro atoms. The molecule has 0 fully saturated rings. The molecule has 1 aromatic carbocycles. The zero-order valence-corrected chi connectivity index (χ0v) is 12.8. The molecule has 0 bridgehead atoms. The molecular formula is C15H24ClNO2. The third-order valence-corrected chi connectivity index (χ3v) is 3.37. The van der Waals surface area contributed by atoms with Crippen molar-refractivity contribution >= 4 is 11.6 Å². The number of hydrogen-bond acceptors (Lipinski definition) is 3. The minimum atomic E-state index is 0.116. The van der Waals surface area contributed by atoms with E-state index in [9.17, 15) is 0 Å². The molecule has 4 heteroatoms. The SMILES string of the molecule is CCOc1ccccc1OCCNCC(C)(C)CCl. The molecule has 0 aromatic heterocycles. The maximum absolute atomic E-state index is 5.87. The normalized spacial score (nSPS) is 11.4. The van der Waals surface area contributed by atoms with Gasteiger partial charge in [0.05, 0.1) is 6.61 Å². The molecule has 1 aromatic rings. The average Bonchev–Trinajstić information content (AvgIpc) is 2.40. The van der Waals surface area contributed by atoms with Crippen LogP contribution in [-0.4, -0.2) is 32.2 Å². The fourth-order valence-corrected chi connectivity index (χ4v) is 1.65. The lowest BCUT2D eigenvalue weighted by atomic mass is 9.97. The van der Waals surface area contributed by atoms with Crippen LogP contribution in [0.4, 0.5) is 0 Å². The second-order valence-electron chi connectivity index (χ2n) is 5.20. The standard InChI is InChI=1S/C15H24ClNO2/c1-4-18-13-7-5-6-8-14(13)19-10-9-17-12-15(2,3)11-16/h5-8,17H,4,9-12H2,1-3H3. The second-order valence-corrected chi connectivity index (χ2v) is 5.47. The Morgan fingerprint density at radius 3 is 2.37 bits per heavy atom. The van der Waals surface area contributed by atoms with Crippen LogP contribution >= 0.6 is 11.6 Å². The quantitative estimate of drug-likeness (QED) is 0.558. The van der Waals surface area contributed by atoms with Crippen molar-refractivity contribution < 1.29 is 9.47 Å². The molecule has 3 nitrogen and oxygen atoms in total. The van der Waals surface area contributed by atoms with Crippen LogP contribution in [0.5, 0.6) is 11.5 Å². The summed E-state index contributed by atoms with van der Waals surface area (Å²) in [7, 11) is 0. The van der Waals surface area contributed by atoms with Crippen LogP contribution in [0.2, 0.25) is 0 Å². The third-order valence-electron chi connectivity index (χ3n) is 2.65. The largest absolute Gasteiger partial charge is 0.490 e. The van der Waals surface area contributed by atoms with E-state index >= 15 is 0 Å². The molecule has 1 rings (SSSR count). The average molecular weight is 286 g/mol. The van der Waals surface area contributed by atoms with Crippen LogP contribution in [0.15, 0.2) is 24.3 Å². The van der Waals surface area contributed by atoms with E-state index in [0.29, 0.717) is 19.1 Å². The maximum Gasteiger partial charge on any atom is 0.161 e. The van der Waals surface area contributed by atoms with Gasteiger partial charge in [0.15, 0.2) is 11.5 Å². The molecule has 0 aliphatic heterocycles. The fraction of sp³-hybridized carbons (Fsp3) is 0.600. The Bertz CT molecular complexity index is 369. The highest BCUT2D eigenvalue weighted by Crippen LogP contribution is 2.26. The number of nitrogens with one attached hydrogen (secondary N) is 1. The zero-order valence-electron chi connectivity index (χ0n) is 12.0. The first-order valence-electron chi connectivity index (χ1n) is 6.70. The zero-order chi connectivity index (χ0) is 14.1. The molecular weight excluding hydrogens is 262 g/mol. The Balaban J connectivity index is 2.29. The van der Waals surface area contributed by atoms with Crippen LogP contribution in [0.3, 0.4) is 0 Å². The summed E-state index contributed by atoms with van der Waals surface area (Å²) in [6, 6.07) is 7.73. The van der Waals surface area contributed by atoms with Gasteiger partial charge in [-0.15, -0.1) is 11.6 Å². The monoisotopic (exact) mass is 285 g/mol. The van der Waals surface area contributed by atoms with Gasteiger partial charge in [-0.25, -0.2) is 0 Å². The first-order valence-corrected chi connectivity index (χ1v) is 7.24. The Hall–Kier alpha value is -0.930. The van der Waals surface area contributed by atoms with E-state index in [2.05, 4.69) is 19.2 Å². The van der Waals surface area contributed by atoms with Crippen LogP contribution in [0, 0.1) is 5.41 Å². The van der Waals surface area contributed by atoms with Crippen molar-refractivity contribution in [3.8, 4) is 11.5 Å². The third kappa shape index (κ3) is 6.17. The highest BCUT2D eigenvalue weighted by Gasteiger charge is 2.15. The van der Waals surface area contributed by atoms with Crippen molar-refractivity contribution in [1.82, 2.24) is 5.32 Å². The molecule has 0 unspecified atom stereocenters. The summed E-state index contributed by atoms with van der Waals surface area (Å²) in [5.41, 5.74) is 0.116. The van der Waals surface area contributed by atoms with E-state index in [1.54, 1.807) is 0 Å². The van der Waals surface area contributed by atoms with Crippen LogP contribution in [0.1, 0.15) is 20.8 Å². The molecule has 0 atom stereocenters. The van der Waals surface area contributed by atoms with E-state index in [4.69, 9.17) is 21.1 Å². The topological polar surface area (TPSA) is 30.5 Å². The van der Waals surface area contributed by atoms with E-state index in [-0.39, 0.29) is 5.41 Å². The Kier molecular flexibility index (Phi) is 7.03. The van der Waals surface area contributed by atoms with Gasteiger partial charge < -0.3 is 14.8 Å². The predicted molar refractivity (Wildman–Crippen MR) is 80.5 cm³/mol. The van der Waals surface area contributed by atoms with Crippen molar-refractivity contribution in [3.63, 3.8) is 0 Å². The van der Waals surface area contributed by atoms with E-state index in [1.165, 1.54) is 0 Å². The van der Waals surface area contributed by atoms with Crippen LogP contribution in [-0.2, 0) is 0 Å². The summed E-state index contributed by atoms with van der Waals surface area (Å²) in [5, 5.41) is 3.35. The van der Waals surface area contributed by atoms with Crippen LogP contribution < -0.4 is 14.8 Å². The summed E-state index contributed by atoms with van der Waals surface area (Å²) in [6.45, 7) is 9.17. The number of alkyl halides is 1. The first kappa shape index (κ1) is 16.1. The molecule has 0 saturated carbocycles. The van der Waals surface area contributed by atoms with Crippen LogP contribution in [0.25, 0.3) is 0 Å². The summed E-state index contributed by atoms with van der Waals surface area (Å²) in [5.74, 6) is 2.24. The lowest BCUT2D eigenvalue weighted by Gasteiger charge is -2.21. The van der Waals surface area contributed by atoms with Crippen molar-refractivity contribution in [2.24, 2.45) is 5.41 Å². The number of ether oxygens (including phenoxy) is 2. The van der Waals surface area contributed by atoms with Gasteiger partial charge in [-0.2, -0.15) is 0 Å². The highest BCUT2D eigenvalue weighted by molar-refractivity contribution is 6.18. The van der Waals surface area contributed by atoms with Gasteiger partial charge in [0.1, 0.15) is 6.61 Å². The van der Waals surface area contributed by atoms with Crippen molar-refractivity contribution in [1.29, 1.82) is 0 Å². The van der Waals surface area contributed by atoms with Gasteiger partial charge in [0.2, 0.25) is 0 Å². The molecule has 1 N–H and O–H groups in total. The van der Waals surface area contributed by atoms with Gasteiger partial charge in [-0.05, 0) is 24.5 Å². The summed E-state index contributed by atoms with van der Waals surface area (Å²) in [4.78, 5) is 0. The van der Waals surface area contributed by atoms with Crippen molar-refractivity contribution in [3.05, 3.63) is 24.3 Å². The second kappa shape index (κ2) is 8.28. The molecule has 19 heavy (non-hydrogen) atoms. The Labute approximate surface area is 121 Å². The maximum atomic E-state index is 5.87. The van der Waals surface area contributed by atoms with Gasteiger partial charge >= 0.3 is 0 Å². The highest BCUT2D eigenvalue weighted by atomic mass is 35.5. The van der Waals surface area contributed by atoms with Gasteiger partial charge in [0.25, 0.3) is 0 Å².